The van der Waals surface area contributed by atoms with E-state index in [9.17, 15) is 0 Å². The smallest absolute Gasteiger partial charge is 0.197 e. The lowest BCUT2D eigenvalue weighted by atomic mass is 10.1. The van der Waals surface area contributed by atoms with Crippen LogP contribution in [-0.2, 0) is 0 Å². The summed E-state index contributed by atoms with van der Waals surface area (Å²) in [6.45, 7) is 4.13. The third-order valence-electron chi connectivity index (χ3n) is 2.20. The Morgan fingerprint density at radius 2 is 2.19 bits per heavy atom. The molecule has 0 saturated heterocycles. The van der Waals surface area contributed by atoms with Crippen LogP contribution in [0, 0.1) is 0 Å². The first-order valence-corrected chi connectivity index (χ1v) is 5.06. The quantitative estimate of drug-likeness (QED) is 0.533. The molecule has 16 heavy (non-hydrogen) atoms. The Balaban J connectivity index is 2.49. The molecule has 0 aliphatic heterocycles. The topological polar surface area (TPSA) is 92.5 Å². The molecule has 0 atom stereocenters. The van der Waals surface area contributed by atoms with Crippen molar-refractivity contribution in [3.05, 3.63) is 24.2 Å². The van der Waals surface area contributed by atoms with Crippen molar-refractivity contribution in [3.8, 4) is 11.6 Å². The average Bonchev–Trinajstić information content (AvgIpc) is 2.81. The Kier molecular flexibility index (Phi) is 2.82. The van der Waals surface area contributed by atoms with Gasteiger partial charge in [-0.25, -0.2) is 20.8 Å². The average molecular weight is 218 g/mol. The van der Waals surface area contributed by atoms with Crippen LogP contribution >= 0.6 is 0 Å². The third-order valence-corrected chi connectivity index (χ3v) is 2.20. The summed E-state index contributed by atoms with van der Waals surface area (Å²) in [5, 5.41) is 0. The first-order valence-electron chi connectivity index (χ1n) is 5.06. The standard InChI is InChI=1S/C10H14N6/c1-6(2)7-5-8(16-11)15-10(14-7)9-12-3-4-13-9/h3-6H,11H2,1-2H3,(H,12,13)(H,14,15,16). The molecule has 6 nitrogen and oxygen atoms in total. The highest BCUT2D eigenvalue weighted by Crippen LogP contribution is 2.18. The van der Waals surface area contributed by atoms with Crippen LogP contribution in [0.25, 0.3) is 11.6 Å². The Hall–Kier alpha value is -1.95. The number of nitrogen functional groups attached to an aromatic ring is 1. The lowest BCUT2D eigenvalue weighted by Crippen LogP contribution is -2.11. The number of anilines is 1. The number of hydrogen-bond acceptors (Lipinski definition) is 5. The summed E-state index contributed by atoms with van der Waals surface area (Å²) in [4.78, 5) is 15.7. The van der Waals surface area contributed by atoms with Gasteiger partial charge in [-0.3, -0.25) is 0 Å². The van der Waals surface area contributed by atoms with Crippen molar-refractivity contribution in [3.63, 3.8) is 0 Å². The fraction of sp³-hybridized carbons (Fsp3) is 0.300. The van der Waals surface area contributed by atoms with Crippen molar-refractivity contribution in [1.29, 1.82) is 0 Å². The molecule has 2 aromatic heterocycles. The fourth-order valence-electron chi connectivity index (χ4n) is 1.33. The van der Waals surface area contributed by atoms with Crippen LogP contribution < -0.4 is 11.3 Å². The van der Waals surface area contributed by atoms with Gasteiger partial charge in [0, 0.05) is 24.2 Å². The number of imidazole rings is 1. The number of H-pyrrole nitrogens is 1. The number of nitrogens with zero attached hydrogens (tertiary/aromatic N) is 3. The predicted molar refractivity (Wildman–Crippen MR) is 61.5 cm³/mol. The predicted octanol–water partition coefficient (Wildman–Crippen LogP) is 1.28. The van der Waals surface area contributed by atoms with E-state index in [2.05, 4.69) is 39.2 Å². The minimum Gasteiger partial charge on any atom is -0.342 e. The number of hydrazine groups is 1. The van der Waals surface area contributed by atoms with Crippen molar-refractivity contribution in [2.24, 2.45) is 5.84 Å². The Morgan fingerprint density at radius 1 is 1.38 bits per heavy atom. The van der Waals surface area contributed by atoms with Gasteiger partial charge in [0.2, 0.25) is 0 Å². The molecule has 84 valence electrons. The van der Waals surface area contributed by atoms with Gasteiger partial charge in [0.25, 0.3) is 0 Å². The van der Waals surface area contributed by atoms with E-state index in [1.54, 1.807) is 12.4 Å². The second-order valence-electron chi connectivity index (χ2n) is 3.74. The molecule has 0 aromatic carbocycles. The van der Waals surface area contributed by atoms with E-state index in [4.69, 9.17) is 5.84 Å². The van der Waals surface area contributed by atoms with E-state index in [0.717, 1.165) is 5.69 Å². The zero-order chi connectivity index (χ0) is 11.5. The number of hydrogen-bond donors (Lipinski definition) is 3. The molecule has 2 heterocycles. The third kappa shape index (κ3) is 2.01. The zero-order valence-corrected chi connectivity index (χ0v) is 9.23. The molecule has 0 aliphatic rings. The number of aromatic nitrogens is 4. The molecule has 0 spiro atoms. The molecule has 0 amide bonds. The van der Waals surface area contributed by atoms with Crippen LogP contribution in [0.3, 0.4) is 0 Å². The highest BCUT2D eigenvalue weighted by molar-refractivity contribution is 5.49. The SMILES string of the molecule is CC(C)c1cc(NN)nc(-c2ncc[nH]2)n1. The second kappa shape index (κ2) is 4.28. The van der Waals surface area contributed by atoms with Gasteiger partial charge >= 0.3 is 0 Å². The van der Waals surface area contributed by atoms with Crippen LogP contribution in [0.5, 0.6) is 0 Å². The van der Waals surface area contributed by atoms with E-state index in [0.29, 0.717) is 23.4 Å². The summed E-state index contributed by atoms with van der Waals surface area (Å²) in [6.07, 6.45) is 3.40. The van der Waals surface area contributed by atoms with Crippen LogP contribution in [-0.4, -0.2) is 19.9 Å². The zero-order valence-electron chi connectivity index (χ0n) is 9.23. The highest BCUT2D eigenvalue weighted by atomic mass is 15.3. The van der Waals surface area contributed by atoms with E-state index in [1.165, 1.54) is 0 Å². The molecule has 4 N–H and O–H groups in total. The Labute approximate surface area is 93.3 Å². The van der Waals surface area contributed by atoms with Gasteiger partial charge in [-0.05, 0) is 5.92 Å². The summed E-state index contributed by atoms with van der Waals surface area (Å²) in [7, 11) is 0. The highest BCUT2D eigenvalue weighted by Gasteiger charge is 2.10. The van der Waals surface area contributed by atoms with Gasteiger partial charge in [0.1, 0.15) is 5.82 Å². The summed E-state index contributed by atoms with van der Waals surface area (Å²) >= 11 is 0. The Morgan fingerprint density at radius 3 is 2.75 bits per heavy atom. The molecular formula is C10H14N6. The van der Waals surface area contributed by atoms with Crippen molar-refractivity contribution in [2.45, 2.75) is 19.8 Å². The maximum atomic E-state index is 5.37. The van der Waals surface area contributed by atoms with Crippen molar-refractivity contribution in [2.75, 3.05) is 5.43 Å². The number of rotatable bonds is 3. The van der Waals surface area contributed by atoms with Crippen molar-refractivity contribution < 1.29 is 0 Å². The first kappa shape index (κ1) is 10.6. The van der Waals surface area contributed by atoms with E-state index in [-0.39, 0.29) is 0 Å². The van der Waals surface area contributed by atoms with Crippen LogP contribution in [0.15, 0.2) is 18.5 Å². The number of nitrogens with one attached hydrogen (secondary N) is 2. The fourth-order valence-corrected chi connectivity index (χ4v) is 1.33. The molecule has 0 radical (unpaired) electrons. The molecule has 0 unspecified atom stereocenters. The van der Waals surface area contributed by atoms with Crippen LogP contribution in [0.4, 0.5) is 5.82 Å². The normalized spacial score (nSPS) is 10.8. The lowest BCUT2D eigenvalue weighted by Gasteiger charge is -2.08. The van der Waals surface area contributed by atoms with Crippen LogP contribution in [0.2, 0.25) is 0 Å². The molecule has 0 fully saturated rings. The molecular weight excluding hydrogens is 204 g/mol. The van der Waals surface area contributed by atoms with Crippen LogP contribution in [0.1, 0.15) is 25.5 Å². The molecule has 0 aliphatic carbocycles. The van der Waals surface area contributed by atoms with E-state index < -0.39 is 0 Å². The first-order chi connectivity index (χ1) is 7.70. The molecule has 0 bridgehead atoms. The van der Waals surface area contributed by atoms with E-state index >= 15 is 0 Å². The van der Waals surface area contributed by atoms with Crippen molar-refractivity contribution in [1.82, 2.24) is 19.9 Å². The number of aromatic amines is 1. The maximum Gasteiger partial charge on any atom is 0.197 e. The maximum absolute atomic E-state index is 5.37. The minimum absolute atomic E-state index is 0.309. The summed E-state index contributed by atoms with van der Waals surface area (Å²) < 4.78 is 0. The van der Waals surface area contributed by atoms with Gasteiger partial charge in [-0.1, -0.05) is 13.8 Å². The van der Waals surface area contributed by atoms with Gasteiger partial charge in [-0.15, -0.1) is 0 Å². The summed E-state index contributed by atoms with van der Waals surface area (Å²) in [6, 6.07) is 1.83. The molecule has 6 heteroatoms. The van der Waals surface area contributed by atoms with Gasteiger partial charge in [-0.2, -0.15) is 0 Å². The van der Waals surface area contributed by atoms with Gasteiger partial charge < -0.3 is 10.4 Å². The minimum atomic E-state index is 0.309. The van der Waals surface area contributed by atoms with Crippen molar-refractivity contribution >= 4 is 5.82 Å². The second-order valence-corrected chi connectivity index (χ2v) is 3.74. The Bertz CT molecular complexity index is 462. The largest absolute Gasteiger partial charge is 0.342 e. The summed E-state index contributed by atoms with van der Waals surface area (Å²) in [5.41, 5.74) is 3.46. The molecule has 2 rings (SSSR count). The molecule has 0 saturated carbocycles. The van der Waals surface area contributed by atoms with Gasteiger partial charge in [0.05, 0.1) is 0 Å². The van der Waals surface area contributed by atoms with E-state index in [1.807, 2.05) is 6.07 Å². The van der Waals surface area contributed by atoms with Gasteiger partial charge in [0.15, 0.2) is 11.6 Å². The molecule has 2 aromatic rings. The number of nitrogens with two attached hydrogens (primary N) is 1. The lowest BCUT2D eigenvalue weighted by molar-refractivity contribution is 0.815. The monoisotopic (exact) mass is 218 g/mol. The summed E-state index contributed by atoms with van der Waals surface area (Å²) in [5.74, 6) is 7.45.